The van der Waals surface area contributed by atoms with Crippen molar-refractivity contribution in [1.29, 1.82) is 0 Å². The van der Waals surface area contributed by atoms with E-state index in [1.807, 2.05) is 32.0 Å². The van der Waals surface area contributed by atoms with E-state index in [1.165, 1.54) is 69.4 Å². The second-order valence-electron chi connectivity index (χ2n) is 8.77. The number of piperidine rings is 1. The van der Waals surface area contributed by atoms with Gasteiger partial charge in [-0.25, -0.2) is 9.78 Å². The summed E-state index contributed by atoms with van der Waals surface area (Å²) in [6.07, 6.45) is 9.58. The fourth-order valence-electron chi connectivity index (χ4n) is 4.18. The zero-order valence-corrected chi connectivity index (χ0v) is 23.5. The number of nitrogens with zero attached hydrogens (tertiary/aromatic N) is 2. The Morgan fingerprint density at radius 2 is 1.74 bits per heavy atom. The highest BCUT2D eigenvalue weighted by Gasteiger charge is 2.12. The number of hydrogen-bond donors (Lipinski definition) is 5. The number of aromatic nitrogens is 1. The summed E-state index contributed by atoms with van der Waals surface area (Å²) >= 11 is 0. The molecule has 1 fully saturated rings. The molecule has 0 aliphatic carbocycles. The Kier molecular flexibility index (Phi) is 19.1. The van der Waals surface area contributed by atoms with E-state index in [4.69, 9.17) is 14.9 Å². The van der Waals surface area contributed by atoms with Gasteiger partial charge >= 0.3 is 6.03 Å². The van der Waals surface area contributed by atoms with Gasteiger partial charge in [-0.15, -0.1) is 0 Å². The molecule has 2 aliphatic rings. The SMILES string of the molecule is CC.O=CNCCNC(=O)Nc1ccccc1.O=CO.c1cc2c(nc1CCCN1CCCCC1)NCCC2. The van der Waals surface area contributed by atoms with Crippen LogP contribution in [0.5, 0.6) is 0 Å². The summed E-state index contributed by atoms with van der Waals surface area (Å²) in [5.74, 6) is 1.14. The summed E-state index contributed by atoms with van der Waals surface area (Å²) in [4.78, 5) is 36.9. The van der Waals surface area contributed by atoms with Gasteiger partial charge in [-0.2, -0.15) is 0 Å². The molecule has 3 amide bonds. The molecule has 0 atom stereocenters. The fraction of sp³-hybridized carbons (Fsp3) is 0.517. The first kappa shape index (κ1) is 33.4. The van der Waals surface area contributed by atoms with Gasteiger partial charge in [0.2, 0.25) is 6.41 Å². The predicted octanol–water partition coefficient (Wildman–Crippen LogP) is 4.14. The number of benzene rings is 1. The Hall–Kier alpha value is -3.66. The number of aryl methyl sites for hydroxylation is 2. The number of likely N-dealkylation sites (tertiary alicyclic amines) is 1. The zero-order chi connectivity index (χ0) is 28.6. The molecular formula is C29H46N6O4. The van der Waals surface area contributed by atoms with Crippen molar-refractivity contribution in [2.75, 3.05) is 49.9 Å². The molecule has 2 aromatic rings. The van der Waals surface area contributed by atoms with Crippen LogP contribution in [0.3, 0.4) is 0 Å². The van der Waals surface area contributed by atoms with Crippen LogP contribution in [0.25, 0.3) is 0 Å². The summed E-state index contributed by atoms with van der Waals surface area (Å²) < 4.78 is 0. The molecule has 0 bridgehead atoms. The van der Waals surface area contributed by atoms with Gasteiger partial charge in [0.25, 0.3) is 6.47 Å². The first-order chi connectivity index (χ1) is 19.2. The summed E-state index contributed by atoms with van der Waals surface area (Å²) in [5, 5.41) is 18.0. The molecule has 39 heavy (non-hydrogen) atoms. The van der Waals surface area contributed by atoms with Gasteiger partial charge in [-0.3, -0.25) is 9.59 Å². The lowest BCUT2D eigenvalue weighted by Gasteiger charge is -2.26. The Balaban J connectivity index is 0.000000343. The topological polar surface area (TPSA) is 136 Å². The maximum absolute atomic E-state index is 11.2. The number of anilines is 2. The predicted molar refractivity (Wildman–Crippen MR) is 157 cm³/mol. The van der Waals surface area contributed by atoms with E-state index < -0.39 is 0 Å². The number of hydrogen-bond acceptors (Lipinski definition) is 6. The van der Waals surface area contributed by atoms with Crippen LogP contribution >= 0.6 is 0 Å². The lowest BCUT2D eigenvalue weighted by molar-refractivity contribution is -0.122. The van der Waals surface area contributed by atoms with Gasteiger partial charge in [-0.1, -0.05) is 44.5 Å². The van der Waals surface area contributed by atoms with Crippen LogP contribution in [0.2, 0.25) is 0 Å². The second kappa shape index (κ2) is 22.3. The van der Waals surface area contributed by atoms with Crippen molar-refractivity contribution in [3.63, 3.8) is 0 Å². The van der Waals surface area contributed by atoms with E-state index in [0.29, 0.717) is 19.5 Å². The van der Waals surface area contributed by atoms with Crippen LogP contribution in [0, 0.1) is 0 Å². The molecule has 0 saturated carbocycles. The average Bonchev–Trinajstić information content (AvgIpc) is 2.98. The summed E-state index contributed by atoms with van der Waals surface area (Å²) in [6, 6.07) is 13.3. The monoisotopic (exact) mass is 542 g/mol. The molecule has 1 aromatic carbocycles. The van der Waals surface area contributed by atoms with E-state index in [1.54, 1.807) is 12.1 Å². The Bertz CT molecular complexity index is 923. The highest BCUT2D eigenvalue weighted by Crippen LogP contribution is 2.20. The molecule has 3 heterocycles. The molecular weight excluding hydrogens is 496 g/mol. The number of carbonyl (C=O) groups is 3. The number of amides is 3. The van der Waals surface area contributed by atoms with Crippen molar-refractivity contribution in [2.45, 2.75) is 58.8 Å². The zero-order valence-electron chi connectivity index (χ0n) is 23.5. The van der Waals surface area contributed by atoms with Crippen LogP contribution in [0.1, 0.15) is 57.2 Å². The molecule has 10 nitrogen and oxygen atoms in total. The van der Waals surface area contributed by atoms with E-state index in [2.05, 4.69) is 38.3 Å². The first-order valence-corrected chi connectivity index (χ1v) is 14.0. The molecule has 5 N–H and O–H groups in total. The van der Waals surface area contributed by atoms with Crippen LogP contribution < -0.4 is 21.3 Å². The Morgan fingerprint density at radius 3 is 2.44 bits per heavy atom. The molecule has 1 aromatic heterocycles. The highest BCUT2D eigenvalue weighted by atomic mass is 16.3. The quantitative estimate of drug-likeness (QED) is 0.237. The third kappa shape index (κ3) is 15.4. The van der Waals surface area contributed by atoms with E-state index >= 15 is 0 Å². The molecule has 10 heteroatoms. The molecule has 0 spiro atoms. The molecule has 0 radical (unpaired) electrons. The van der Waals surface area contributed by atoms with E-state index in [0.717, 1.165) is 24.5 Å². The van der Waals surface area contributed by atoms with Gasteiger partial charge in [0.05, 0.1) is 0 Å². The largest absolute Gasteiger partial charge is 0.483 e. The number of fused-ring (bicyclic) bond motifs is 1. The van der Waals surface area contributed by atoms with Crippen molar-refractivity contribution in [3.8, 4) is 0 Å². The van der Waals surface area contributed by atoms with Gasteiger partial charge < -0.3 is 31.3 Å². The number of urea groups is 1. The minimum Gasteiger partial charge on any atom is -0.483 e. The maximum atomic E-state index is 11.2. The van der Waals surface area contributed by atoms with Gasteiger partial charge in [0.15, 0.2) is 0 Å². The molecule has 2 aliphatic heterocycles. The van der Waals surface area contributed by atoms with Crippen molar-refractivity contribution in [1.82, 2.24) is 20.5 Å². The normalized spacial score (nSPS) is 13.6. The first-order valence-electron chi connectivity index (χ1n) is 14.0. The summed E-state index contributed by atoms with van der Waals surface area (Å²) in [7, 11) is 0. The van der Waals surface area contributed by atoms with Crippen molar-refractivity contribution in [2.24, 2.45) is 0 Å². The average molecular weight is 543 g/mol. The smallest absolute Gasteiger partial charge is 0.319 e. The number of carboxylic acid groups (broad SMARTS) is 1. The minimum absolute atomic E-state index is 0.250. The number of pyridine rings is 1. The van der Waals surface area contributed by atoms with E-state index in [9.17, 15) is 9.59 Å². The Morgan fingerprint density at radius 1 is 1.03 bits per heavy atom. The molecule has 0 unspecified atom stereocenters. The number of carbonyl (C=O) groups excluding carboxylic acids is 2. The highest BCUT2D eigenvalue weighted by molar-refractivity contribution is 5.89. The van der Waals surface area contributed by atoms with Crippen LogP contribution in [-0.4, -0.2) is 73.2 Å². The van der Waals surface area contributed by atoms with Gasteiger partial charge in [0.1, 0.15) is 5.82 Å². The van der Waals surface area contributed by atoms with Gasteiger partial charge in [0, 0.05) is 31.0 Å². The van der Waals surface area contributed by atoms with Crippen LogP contribution in [-0.2, 0) is 22.4 Å². The van der Waals surface area contributed by atoms with Gasteiger partial charge in [-0.05, 0) is 81.9 Å². The number of para-hydroxylation sites is 1. The Labute approximate surface area is 233 Å². The molecule has 1 saturated heterocycles. The van der Waals surface area contributed by atoms with E-state index in [-0.39, 0.29) is 12.5 Å². The minimum atomic E-state index is -0.283. The fourth-order valence-corrected chi connectivity index (χ4v) is 4.18. The van der Waals surface area contributed by atoms with Crippen LogP contribution in [0.15, 0.2) is 42.5 Å². The third-order valence-corrected chi connectivity index (χ3v) is 5.98. The van der Waals surface area contributed by atoms with Crippen molar-refractivity contribution in [3.05, 3.63) is 53.7 Å². The summed E-state index contributed by atoms with van der Waals surface area (Å²) in [6.45, 7) is 9.50. The molecule has 4 rings (SSSR count). The third-order valence-electron chi connectivity index (χ3n) is 5.98. The lowest BCUT2D eigenvalue weighted by atomic mass is 10.1. The molecule has 216 valence electrons. The maximum Gasteiger partial charge on any atom is 0.319 e. The standard InChI is InChI=1S/C16H25N3.C10H13N3O2.C2H6.CH2O2/c1-2-11-19(12-3-1)13-5-7-15-9-8-14-6-4-10-17-16(14)18-15;14-8-11-6-7-12-10(15)13-9-4-2-1-3-5-9;1-2;2-1-3/h8-9H,1-7,10-13H2,(H,17,18);1-5,8H,6-7H2,(H,11,14)(H2,12,13,15);1-2H3;1H,(H,2,3). The lowest BCUT2D eigenvalue weighted by Crippen LogP contribution is -2.34. The second-order valence-corrected chi connectivity index (χ2v) is 8.77. The number of rotatable bonds is 9. The van der Waals surface area contributed by atoms with Crippen molar-refractivity contribution >= 4 is 30.4 Å². The number of nitrogens with one attached hydrogen (secondary N) is 4. The summed E-state index contributed by atoms with van der Waals surface area (Å²) in [5.41, 5.74) is 3.38. The van der Waals surface area contributed by atoms with Crippen LogP contribution in [0.4, 0.5) is 16.3 Å². The van der Waals surface area contributed by atoms with Crippen molar-refractivity contribution < 1.29 is 19.5 Å².